The monoisotopic (exact) mass is 206 g/mol. The molecule has 1 aliphatic heterocycles. The maximum Gasteiger partial charge on any atom is 0.320 e. The van der Waals surface area contributed by atoms with Crippen molar-refractivity contribution in [2.24, 2.45) is 0 Å². The Bertz CT molecular complexity index is 466. The summed E-state index contributed by atoms with van der Waals surface area (Å²) in [6.07, 6.45) is -1.74. The fraction of sp³-hybridized carbons (Fsp3) is 0.111. The van der Waals surface area contributed by atoms with E-state index in [0.29, 0.717) is 10.6 Å². The number of carbonyl (C=O) groups excluding carboxylic acids is 1. The molecule has 0 saturated heterocycles. The van der Waals surface area contributed by atoms with Crippen molar-refractivity contribution in [3.63, 3.8) is 0 Å². The lowest BCUT2D eigenvalue weighted by Crippen LogP contribution is -2.43. The highest BCUT2D eigenvalue weighted by Gasteiger charge is 2.32. The number of anilines is 1. The van der Waals surface area contributed by atoms with E-state index in [4.69, 9.17) is 15.1 Å². The van der Waals surface area contributed by atoms with Gasteiger partial charge in [-0.2, -0.15) is 10.3 Å². The van der Waals surface area contributed by atoms with Crippen molar-refractivity contribution in [3.05, 3.63) is 23.8 Å². The van der Waals surface area contributed by atoms with Gasteiger partial charge in [-0.15, -0.1) is 0 Å². The minimum absolute atomic E-state index is 0.0867. The van der Waals surface area contributed by atoms with Crippen LogP contribution in [0.15, 0.2) is 18.2 Å². The van der Waals surface area contributed by atoms with Crippen molar-refractivity contribution in [1.82, 2.24) is 0 Å². The molecule has 0 bridgehead atoms. The fourth-order valence-electron chi connectivity index (χ4n) is 1.25. The molecular formula is C9H6N2O4. The van der Waals surface area contributed by atoms with Crippen LogP contribution in [0, 0.1) is 11.3 Å². The highest BCUT2D eigenvalue weighted by molar-refractivity contribution is 5.96. The summed E-state index contributed by atoms with van der Waals surface area (Å²) in [6.45, 7) is 0. The normalized spacial score (nSPS) is 19.1. The molecule has 0 spiro atoms. The summed E-state index contributed by atoms with van der Waals surface area (Å²) in [6, 6.07) is 5.98. The van der Waals surface area contributed by atoms with E-state index in [1.54, 1.807) is 0 Å². The molecule has 0 aliphatic carbocycles. The van der Waals surface area contributed by atoms with E-state index in [2.05, 4.69) is 0 Å². The number of rotatable bonds is 0. The average Bonchev–Trinajstić information content (AvgIpc) is 2.25. The molecule has 1 heterocycles. The maximum absolute atomic E-state index is 11.1. The summed E-state index contributed by atoms with van der Waals surface area (Å²) < 4.78 is 4.81. The zero-order chi connectivity index (χ0) is 11.0. The molecule has 15 heavy (non-hydrogen) atoms. The van der Waals surface area contributed by atoms with Crippen LogP contribution in [-0.4, -0.2) is 22.5 Å². The van der Waals surface area contributed by atoms with Crippen LogP contribution in [0.25, 0.3) is 0 Å². The molecule has 2 N–H and O–H groups in total. The minimum Gasteiger partial charge on any atom is -0.453 e. The number of nitriles is 1. The highest BCUT2D eigenvalue weighted by atomic mass is 16.6. The van der Waals surface area contributed by atoms with Gasteiger partial charge in [-0.05, 0) is 12.1 Å². The van der Waals surface area contributed by atoms with Crippen molar-refractivity contribution in [3.8, 4) is 11.8 Å². The number of ether oxygens (including phenoxy) is 1. The SMILES string of the molecule is N#Cc1ccc2c(c1)OC(O)C(=O)N2O. The summed E-state index contributed by atoms with van der Waals surface area (Å²) in [5.41, 5.74) is 0.410. The van der Waals surface area contributed by atoms with Gasteiger partial charge in [0.25, 0.3) is 6.29 Å². The van der Waals surface area contributed by atoms with Gasteiger partial charge in [-0.25, -0.2) is 0 Å². The van der Waals surface area contributed by atoms with Crippen LogP contribution < -0.4 is 9.80 Å². The lowest BCUT2D eigenvalue weighted by molar-refractivity contribution is -0.148. The smallest absolute Gasteiger partial charge is 0.320 e. The predicted molar refractivity (Wildman–Crippen MR) is 47.1 cm³/mol. The number of fused-ring (bicyclic) bond motifs is 1. The van der Waals surface area contributed by atoms with Gasteiger partial charge < -0.3 is 9.84 Å². The minimum atomic E-state index is -1.74. The summed E-state index contributed by atoms with van der Waals surface area (Å²) >= 11 is 0. The first-order chi connectivity index (χ1) is 7.13. The van der Waals surface area contributed by atoms with Gasteiger partial charge in [0, 0.05) is 6.07 Å². The topological polar surface area (TPSA) is 93.8 Å². The number of nitrogens with zero attached hydrogens (tertiary/aromatic N) is 2. The summed E-state index contributed by atoms with van der Waals surface area (Å²) in [7, 11) is 0. The van der Waals surface area contributed by atoms with Crippen LogP contribution in [0.2, 0.25) is 0 Å². The van der Waals surface area contributed by atoms with Gasteiger partial charge in [0.05, 0.1) is 11.6 Å². The van der Waals surface area contributed by atoms with Crippen LogP contribution in [0.5, 0.6) is 5.75 Å². The maximum atomic E-state index is 11.1. The molecule has 1 atom stereocenters. The Morgan fingerprint density at radius 1 is 1.53 bits per heavy atom. The van der Waals surface area contributed by atoms with E-state index in [-0.39, 0.29) is 11.4 Å². The molecule has 0 aromatic heterocycles. The zero-order valence-electron chi connectivity index (χ0n) is 7.41. The van der Waals surface area contributed by atoms with Crippen molar-refractivity contribution in [2.75, 3.05) is 5.06 Å². The van der Waals surface area contributed by atoms with Crippen molar-refractivity contribution in [1.29, 1.82) is 5.26 Å². The molecule has 6 heteroatoms. The zero-order valence-corrected chi connectivity index (χ0v) is 7.41. The first-order valence-electron chi connectivity index (χ1n) is 4.05. The molecular weight excluding hydrogens is 200 g/mol. The lowest BCUT2D eigenvalue weighted by Gasteiger charge is -2.27. The second-order valence-corrected chi connectivity index (χ2v) is 2.91. The molecule has 1 unspecified atom stereocenters. The number of hydrogen-bond acceptors (Lipinski definition) is 5. The largest absolute Gasteiger partial charge is 0.453 e. The van der Waals surface area contributed by atoms with Crippen LogP contribution in [0.3, 0.4) is 0 Å². The molecule has 1 aromatic carbocycles. The Balaban J connectivity index is 2.51. The molecule has 0 saturated carbocycles. The molecule has 6 nitrogen and oxygen atoms in total. The number of hydrogen-bond donors (Lipinski definition) is 2. The Morgan fingerprint density at radius 3 is 2.93 bits per heavy atom. The molecule has 76 valence electrons. The Hall–Kier alpha value is -2.10. The van der Waals surface area contributed by atoms with Gasteiger partial charge in [0.15, 0.2) is 5.75 Å². The number of carbonyl (C=O) groups is 1. The van der Waals surface area contributed by atoms with Crippen LogP contribution in [0.4, 0.5) is 5.69 Å². The molecule has 0 radical (unpaired) electrons. The molecule has 0 fully saturated rings. The van der Waals surface area contributed by atoms with Crippen molar-refractivity contribution >= 4 is 11.6 Å². The van der Waals surface area contributed by atoms with Crippen LogP contribution in [0.1, 0.15) is 5.56 Å². The summed E-state index contributed by atoms with van der Waals surface area (Å²) in [4.78, 5) is 11.1. The Labute approximate surface area is 84.5 Å². The van der Waals surface area contributed by atoms with Crippen molar-refractivity contribution < 1.29 is 19.8 Å². The predicted octanol–water partition coefficient (Wildman–Crippen LogP) is -0.00872. The van der Waals surface area contributed by atoms with Gasteiger partial charge in [0.1, 0.15) is 5.69 Å². The number of hydroxylamine groups is 1. The quantitative estimate of drug-likeness (QED) is 0.582. The summed E-state index contributed by atoms with van der Waals surface area (Å²) in [5, 5.41) is 27.3. The number of amides is 1. The average molecular weight is 206 g/mol. The molecule has 2 rings (SSSR count). The first kappa shape index (κ1) is 9.45. The van der Waals surface area contributed by atoms with Gasteiger partial charge >= 0.3 is 5.91 Å². The highest BCUT2D eigenvalue weighted by Crippen LogP contribution is 2.33. The van der Waals surface area contributed by atoms with Gasteiger partial charge in [0.2, 0.25) is 0 Å². The van der Waals surface area contributed by atoms with E-state index >= 15 is 0 Å². The standard InChI is InChI=1S/C9H6N2O4/c10-4-5-1-2-6-7(3-5)15-9(13)8(12)11(6)14/h1-3,9,13-14H. The molecule has 1 amide bonds. The Morgan fingerprint density at radius 2 is 2.27 bits per heavy atom. The molecule has 1 aromatic rings. The van der Waals surface area contributed by atoms with E-state index < -0.39 is 12.2 Å². The number of aliphatic hydroxyl groups excluding tert-OH is 1. The van der Waals surface area contributed by atoms with Crippen LogP contribution >= 0.6 is 0 Å². The van der Waals surface area contributed by atoms with Crippen LogP contribution in [-0.2, 0) is 4.79 Å². The second-order valence-electron chi connectivity index (χ2n) is 2.91. The van der Waals surface area contributed by atoms with E-state index in [1.807, 2.05) is 6.07 Å². The summed E-state index contributed by atoms with van der Waals surface area (Å²) in [5.74, 6) is -0.879. The third kappa shape index (κ3) is 1.40. The van der Waals surface area contributed by atoms with Gasteiger partial charge in [-0.1, -0.05) is 0 Å². The second kappa shape index (κ2) is 3.24. The lowest BCUT2D eigenvalue weighted by atomic mass is 10.2. The van der Waals surface area contributed by atoms with E-state index in [1.165, 1.54) is 18.2 Å². The van der Waals surface area contributed by atoms with Gasteiger partial charge in [-0.3, -0.25) is 10.0 Å². The van der Waals surface area contributed by atoms with Crippen molar-refractivity contribution in [2.45, 2.75) is 6.29 Å². The third-order valence-corrected chi connectivity index (χ3v) is 1.98. The Kier molecular flexibility index (Phi) is 2.04. The number of aliphatic hydroxyl groups is 1. The van der Waals surface area contributed by atoms with E-state index in [9.17, 15) is 10.0 Å². The first-order valence-corrected chi connectivity index (χ1v) is 4.05. The molecule has 1 aliphatic rings. The third-order valence-electron chi connectivity index (χ3n) is 1.98. The fourth-order valence-corrected chi connectivity index (χ4v) is 1.25. The number of benzene rings is 1. The van der Waals surface area contributed by atoms with E-state index in [0.717, 1.165) is 0 Å².